The summed E-state index contributed by atoms with van der Waals surface area (Å²) in [6, 6.07) is 56.4. The first-order valence-electron chi connectivity index (χ1n) is 16.4. The Morgan fingerprint density at radius 1 is 0.438 bits per heavy atom. The topological polar surface area (TPSA) is 31.0 Å². The maximum absolute atomic E-state index is 6.63. The van der Waals surface area contributed by atoms with Gasteiger partial charge in [-0.15, -0.1) is 0 Å². The molecule has 0 saturated heterocycles. The van der Waals surface area contributed by atoms with Crippen molar-refractivity contribution < 1.29 is 4.42 Å². The van der Waals surface area contributed by atoms with Crippen molar-refractivity contribution >= 4 is 87.0 Å². The first-order chi connectivity index (χ1) is 23.8. The minimum absolute atomic E-state index is 0.900. The molecule has 0 bridgehead atoms. The zero-order valence-corrected chi connectivity index (χ0v) is 25.8. The van der Waals surface area contributed by atoms with Gasteiger partial charge in [0.05, 0.1) is 22.2 Å². The van der Waals surface area contributed by atoms with Crippen LogP contribution in [0.2, 0.25) is 0 Å². The highest BCUT2D eigenvalue weighted by atomic mass is 16.3. The van der Waals surface area contributed by atoms with Crippen LogP contribution in [0.4, 0.5) is 0 Å². The second kappa shape index (κ2) is 9.54. The van der Waals surface area contributed by atoms with Gasteiger partial charge in [0.2, 0.25) is 0 Å². The van der Waals surface area contributed by atoms with Gasteiger partial charge >= 0.3 is 0 Å². The van der Waals surface area contributed by atoms with Crippen LogP contribution in [0.3, 0.4) is 0 Å². The van der Waals surface area contributed by atoms with E-state index in [0.717, 1.165) is 55.4 Å². The minimum atomic E-state index is 0.900. The van der Waals surface area contributed by atoms with Crippen LogP contribution in [0.5, 0.6) is 0 Å². The molecule has 0 atom stereocenters. The molecule has 3 heteroatoms. The molecule has 0 spiro atoms. The van der Waals surface area contributed by atoms with Crippen molar-refractivity contribution in [2.45, 2.75) is 0 Å². The summed E-state index contributed by atoms with van der Waals surface area (Å²) >= 11 is 0. The number of aromatic nitrogens is 2. The molecule has 3 aromatic heterocycles. The van der Waals surface area contributed by atoms with Gasteiger partial charge in [-0.05, 0) is 57.9 Å². The van der Waals surface area contributed by atoms with Crippen LogP contribution in [0.15, 0.2) is 162 Å². The summed E-state index contributed by atoms with van der Waals surface area (Å²) in [6.45, 7) is 0. The maximum Gasteiger partial charge on any atom is 0.160 e. The number of furan rings is 1. The van der Waals surface area contributed by atoms with Crippen molar-refractivity contribution in [3.05, 3.63) is 158 Å². The standard InChI is InChI=1S/C45H26N2O/c1-3-18-33-29(14-1)30-15-2-4-19-34(30)42-41(33)37-20-5-8-21-38(37)46-43(42)27-12-11-13-28(26-27)47-39-22-9-6-16-31(39)35-24-25-36-32-17-7-10-23-40(32)48-45(36)44(35)47/h1-26H. The highest BCUT2D eigenvalue weighted by molar-refractivity contribution is 6.33. The Hall–Kier alpha value is -6.45. The lowest BCUT2D eigenvalue weighted by Crippen LogP contribution is -1.96. The first-order valence-corrected chi connectivity index (χ1v) is 16.4. The summed E-state index contributed by atoms with van der Waals surface area (Å²) in [6.07, 6.45) is 0. The van der Waals surface area contributed by atoms with Crippen LogP contribution in [0, 0.1) is 0 Å². The second-order valence-electron chi connectivity index (χ2n) is 12.7. The van der Waals surface area contributed by atoms with Gasteiger partial charge < -0.3 is 8.98 Å². The predicted molar refractivity (Wildman–Crippen MR) is 201 cm³/mol. The quantitative estimate of drug-likeness (QED) is 0.182. The number of fused-ring (bicyclic) bond motifs is 15. The lowest BCUT2D eigenvalue weighted by molar-refractivity contribution is 0.671. The Morgan fingerprint density at radius 3 is 1.88 bits per heavy atom. The van der Waals surface area contributed by atoms with E-state index in [2.05, 4.69) is 156 Å². The zero-order valence-electron chi connectivity index (χ0n) is 25.8. The van der Waals surface area contributed by atoms with Crippen molar-refractivity contribution in [2.75, 3.05) is 0 Å². The summed E-state index contributed by atoms with van der Waals surface area (Å²) in [7, 11) is 0. The molecule has 3 nitrogen and oxygen atoms in total. The normalized spacial score (nSPS) is 12.2. The van der Waals surface area contributed by atoms with Crippen LogP contribution in [0.1, 0.15) is 0 Å². The lowest BCUT2D eigenvalue weighted by atomic mass is 9.90. The average Bonchev–Trinajstić information content (AvgIpc) is 3.70. The van der Waals surface area contributed by atoms with E-state index >= 15 is 0 Å². The van der Waals surface area contributed by atoms with Crippen molar-refractivity contribution in [3.63, 3.8) is 0 Å². The molecule has 0 radical (unpaired) electrons. The Balaban J connectivity index is 1.28. The third-order valence-electron chi connectivity index (χ3n) is 10.1. The molecule has 0 saturated carbocycles. The van der Waals surface area contributed by atoms with E-state index in [1.165, 1.54) is 48.5 Å². The molecule has 0 unspecified atom stereocenters. The van der Waals surface area contributed by atoms with E-state index in [4.69, 9.17) is 9.40 Å². The van der Waals surface area contributed by atoms with Gasteiger partial charge in [-0.25, -0.2) is 4.98 Å². The molecule has 0 aliphatic rings. The number of benzene rings is 8. The van der Waals surface area contributed by atoms with Gasteiger partial charge in [-0.3, -0.25) is 0 Å². The molecular formula is C45H26N2O. The van der Waals surface area contributed by atoms with Crippen molar-refractivity contribution in [1.29, 1.82) is 0 Å². The number of hydrogen-bond acceptors (Lipinski definition) is 2. The fraction of sp³-hybridized carbons (Fsp3) is 0. The smallest absolute Gasteiger partial charge is 0.160 e. The highest BCUT2D eigenvalue weighted by Crippen LogP contribution is 2.44. The first kappa shape index (κ1) is 25.7. The molecular weight excluding hydrogens is 585 g/mol. The summed E-state index contributed by atoms with van der Waals surface area (Å²) < 4.78 is 9.00. The summed E-state index contributed by atoms with van der Waals surface area (Å²) in [4.78, 5) is 5.43. The Kier molecular flexibility index (Phi) is 5.11. The van der Waals surface area contributed by atoms with Gasteiger partial charge in [0, 0.05) is 49.0 Å². The molecule has 0 N–H and O–H groups in total. The minimum Gasteiger partial charge on any atom is -0.454 e. The monoisotopic (exact) mass is 610 g/mol. The molecule has 222 valence electrons. The Morgan fingerprint density at radius 2 is 1.06 bits per heavy atom. The molecule has 11 rings (SSSR count). The Labute approximate surface area is 274 Å². The van der Waals surface area contributed by atoms with E-state index in [0.29, 0.717) is 0 Å². The van der Waals surface area contributed by atoms with E-state index in [1.807, 2.05) is 6.07 Å². The molecule has 11 aromatic rings. The SMILES string of the molecule is c1cc(-c2nc3ccccc3c3c4ccccc4c4ccccc4c23)cc(-n2c3ccccc3c3ccc4c5ccccc5oc4c32)c1. The molecule has 0 fully saturated rings. The third kappa shape index (κ3) is 3.40. The third-order valence-corrected chi connectivity index (χ3v) is 10.1. The van der Waals surface area contributed by atoms with Crippen LogP contribution in [0.25, 0.3) is 104 Å². The van der Waals surface area contributed by atoms with Crippen molar-refractivity contribution in [2.24, 2.45) is 0 Å². The van der Waals surface area contributed by atoms with Crippen LogP contribution in [-0.2, 0) is 0 Å². The van der Waals surface area contributed by atoms with Crippen LogP contribution in [-0.4, -0.2) is 9.55 Å². The number of nitrogens with zero attached hydrogens (tertiary/aromatic N) is 2. The number of hydrogen-bond donors (Lipinski definition) is 0. The molecule has 0 aliphatic heterocycles. The fourth-order valence-corrected chi connectivity index (χ4v) is 8.13. The summed E-state index contributed by atoms with van der Waals surface area (Å²) in [5, 5.41) is 13.2. The van der Waals surface area contributed by atoms with E-state index < -0.39 is 0 Å². The summed E-state index contributed by atoms with van der Waals surface area (Å²) in [5.74, 6) is 0. The van der Waals surface area contributed by atoms with Gasteiger partial charge in [0.15, 0.2) is 5.58 Å². The molecule has 48 heavy (non-hydrogen) atoms. The summed E-state index contributed by atoms with van der Waals surface area (Å²) in [5.41, 5.74) is 8.15. The Bertz CT molecular complexity index is 3130. The average molecular weight is 611 g/mol. The van der Waals surface area contributed by atoms with Crippen molar-refractivity contribution in [1.82, 2.24) is 9.55 Å². The van der Waals surface area contributed by atoms with Crippen LogP contribution < -0.4 is 0 Å². The largest absolute Gasteiger partial charge is 0.454 e. The van der Waals surface area contributed by atoms with Crippen molar-refractivity contribution in [3.8, 4) is 16.9 Å². The van der Waals surface area contributed by atoms with E-state index in [-0.39, 0.29) is 0 Å². The van der Waals surface area contributed by atoms with Gasteiger partial charge in [-0.1, -0.05) is 121 Å². The van der Waals surface area contributed by atoms with E-state index in [9.17, 15) is 0 Å². The molecule has 0 aliphatic carbocycles. The van der Waals surface area contributed by atoms with Crippen LogP contribution >= 0.6 is 0 Å². The second-order valence-corrected chi connectivity index (χ2v) is 12.7. The van der Waals surface area contributed by atoms with Gasteiger partial charge in [0.25, 0.3) is 0 Å². The van der Waals surface area contributed by atoms with Gasteiger partial charge in [0.1, 0.15) is 5.58 Å². The molecule has 3 heterocycles. The fourth-order valence-electron chi connectivity index (χ4n) is 8.13. The predicted octanol–water partition coefficient (Wildman–Crippen LogP) is 12.4. The highest BCUT2D eigenvalue weighted by Gasteiger charge is 2.21. The number of rotatable bonds is 2. The molecule has 8 aromatic carbocycles. The van der Waals surface area contributed by atoms with E-state index in [1.54, 1.807) is 0 Å². The molecule has 0 amide bonds. The van der Waals surface area contributed by atoms with Gasteiger partial charge in [-0.2, -0.15) is 0 Å². The zero-order chi connectivity index (χ0) is 31.3. The number of para-hydroxylation sites is 3. The maximum atomic E-state index is 6.63. The lowest BCUT2D eigenvalue weighted by Gasteiger charge is -2.17. The number of pyridine rings is 1.